The number of carbonyl (C=O) groups is 2. The van der Waals surface area contributed by atoms with Gasteiger partial charge in [0.05, 0.1) is 20.3 Å². The number of amides is 1. The molecule has 126 valence electrons. The largest absolute Gasteiger partial charge is 0.497 e. The van der Waals surface area contributed by atoms with Gasteiger partial charge in [0, 0.05) is 18.5 Å². The van der Waals surface area contributed by atoms with Crippen LogP contribution in [0.1, 0.15) is 39.0 Å². The van der Waals surface area contributed by atoms with Crippen molar-refractivity contribution in [3.63, 3.8) is 0 Å². The third kappa shape index (κ3) is 2.97. The van der Waals surface area contributed by atoms with Crippen LogP contribution in [0.3, 0.4) is 0 Å². The van der Waals surface area contributed by atoms with Gasteiger partial charge in [-0.25, -0.2) is 4.79 Å². The lowest BCUT2D eigenvalue weighted by molar-refractivity contribution is 0.0517. The first-order valence-corrected chi connectivity index (χ1v) is 7.82. The second kappa shape index (κ2) is 6.74. The van der Waals surface area contributed by atoms with Gasteiger partial charge in [-0.15, -0.1) is 0 Å². The maximum absolute atomic E-state index is 12.2. The molecule has 1 amide bonds. The molecule has 0 atom stereocenters. The molecule has 0 spiro atoms. The summed E-state index contributed by atoms with van der Waals surface area (Å²) in [6, 6.07) is 7.49. The van der Waals surface area contributed by atoms with E-state index in [1.165, 1.54) is 0 Å². The predicted molar refractivity (Wildman–Crippen MR) is 86.3 cm³/mol. The van der Waals surface area contributed by atoms with Crippen LogP contribution in [0, 0.1) is 0 Å². The summed E-state index contributed by atoms with van der Waals surface area (Å²) >= 11 is 0. The van der Waals surface area contributed by atoms with Crippen molar-refractivity contribution in [3.05, 3.63) is 46.8 Å². The van der Waals surface area contributed by atoms with Crippen molar-refractivity contribution in [2.75, 3.05) is 20.3 Å². The van der Waals surface area contributed by atoms with Crippen molar-refractivity contribution in [2.24, 2.45) is 0 Å². The molecule has 3 rings (SSSR count). The highest BCUT2D eigenvalue weighted by Gasteiger charge is 2.29. The minimum Gasteiger partial charge on any atom is -0.497 e. The summed E-state index contributed by atoms with van der Waals surface area (Å²) in [5.74, 6) is 0.0302. The summed E-state index contributed by atoms with van der Waals surface area (Å²) in [5.41, 5.74) is 2.19. The molecule has 1 aliphatic rings. The van der Waals surface area contributed by atoms with Crippen LogP contribution >= 0.6 is 0 Å². The molecule has 1 N–H and O–H groups in total. The van der Waals surface area contributed by atoms with Gasteiger partial charge in [0.15, 0.2) is 5.69 Å². The molecule has 0 fully saturated rings. The zero-order valence-corrected chi connectivity index (χ0v) is 13.7. The number of hydrogen-bond acceptors (Lipinski definition) is 5. The Bertz CT molecular complexity index is 765. The third-order valence-electron chi connectivity index (χ3n) is 3.88. The molecule has 2 heterocycles. The average molecular weight is 329 g/mol. The van der Waals surface area contributed by atoms with E-state index in [0.29, 0.717) is 30.8 Å². The zero-order valence-electron chi connectivity index (χ0n) is 13.7. The second-order valence-electron chi connectivity index (χ2n) is 5.40. The number of fused-ring (bicyclic) bond motifs is 1. The Balaban J connectivity index is 2.01. The minimum atomic E-state index is -0.504. The van der Waals surface area contributed by atoms with E-state index in [0.717, 1.165) is 11.3 Å². The second-order valence-corrected chi connectivity index (χ2v) is 5.40. The van der Waals surface area contributed by atoms with E-state index >= 15 is 0 Å². The Morgan fingerprint density at radius 2 is 2.08 bits per heavy atom. The van der Waals surface area contributed by atoms with Crippen LogP contribution in [0.5, 0.6) is 5.75 Å². The zero-order chi connectivity index (χ0) is 17.1. The lowest BCUT2D eigenvalue weighted by Crippen LogP contribution is -2.36. The van der Waals surface area contributed by atoms with Crippen molar-refractivity contribution < 1.29 is 19.1 Å². The van der Waals surface area contributed by atoms with Gasteiger partial charge in [-0.2, -0.15) is 5.10 Å². The van der Waals surface area contributed by atoms with Crippen molar-refractivity contribution in [3.8, 4) is 5.75 Å². The fourth-order valence-electron chi connectivity index (χ4n) is 2.75. The summed E-state index contributed by atoms with van der Waals surface area (Å²) in [4.78, 5) is 24.5. The number of nitrogens with one attached hydrogen (secondary N) is 1. The van der Waals surface area contributed by atoms with Crippen LogP contribution in [0.15, 0.2) is 24.3 Å². The normalized spacial score (nSPS) is 13.2. The molecular formula is C17H19N3O4. The fraction of sp³-hybridized carbons (Fsp3) is 0.353. The maximum Gasteiger partial charge on any atom is 0.359 e. The van der Waals surface area contributed by atoms with Gasteiger partial charge in [-0.05, 0) is 24.6 Å². The molecule has 1 aliphatic heterocycles. The highest BCUT2D eigenvalue weighted by Crippen LogP contribution is 2.23. The van der Waals surface area contributed by atoms with Crippen LogP contribution in [0.25, 0.3) is 0 Å². The molecule has 0 saturated carbocycles. The van der Waals surface area contributed by atoms with Crippen LogP contribution in [0.4, 0.5) is 0 Å². The van der Waals surface area contributed by atoms with Gasteiger partial charge in [0.25, 0.3) is 5.91 Å². The SMILES string of the molecule is CCOC(=O)c1nn2c(c1Cc1ccc(OC)cc1)C(=O)NCC2. The van der Waals surface area contributed by atoms with Gasteiger partial charge in [-0.3, -0.25) is 9.48 Å². The summed E-state index contributed by atoms with van der Waals surface area (Å²) in [7, 11) is 1.60. The van der Waals surface area contributed by atoms with Gasteiger partial charge in [0.1, 0.15) is 11.4 Å². The molecule has 0 radical (unpaired) electrons. The molecule has 2 aromatic rings. The number of esters is 1. The smallest absolute Gasteiger partial charge is 0.359 e. The number of hydrogen-bond donors (Lipinski definition) is 1. The van der Waals surface area contributed by atoms with Crippen molar-refractivity contribution in [1.82, 2.24) is 15.1 Å². The monoisotopic (exact) mass is 329 g/mol. The van der Waals surface area contributed by atoms with Crippen molar-refractivity contribution in [1.29, 1.82) is 0 Å². The van der Waals surface area contributed by atoms with Gasteiger partial charge in [-0.1, -0.05) is 12.1 Å². The minimum absolute atomic E-state index is 0.208. The predicted octanol–water partition coefficient (Wildman–Crippen LogP) is 1.40. The maximum atomic E-state index is 12.2. The number of rotatable bonds is 5. The summed E-state index contributed by atoms with van der Waals surface area (Å²) in [5, 5.41) is 7.10. The van der Waals surface area contributed by atoms with Gasteiger partial charge in [0.2, 0.25) is 0 Å². The molecule has 1 aromatic heterocycles. The molecule has 24 heavy (non-hydrogen) atoms. The van der Waals surface area contributed by atoms with E-state index in [2.05, 4.69) is 10.4 Å². The molecular weight excluding hydrogens is 310 g/mol. The third-order valence-corrected chi connectivity index (χ3v) is 3.88. The number of nitrogens with zero attached hydrogens (tertiary/aromatic N) is 2. The Labute approximate surface area is 139 Å². The van der Waals surface area contributed by atoms with Crippen LogP contribution in [-0.4, -0.2) is 41.9 Å². The van der Waals surface area contributed by atoms with E-state index < -0.39 is 5.97 Å². The molecule has 0 bridgehead atoms. The lowest BCUT2D eigenvalue weighted by atomic mass is 10.0. The first-order chi connectivity index (χ1) is 11.6. The Kier molecular flexibility index (Phi) is 4.50. The number of ether oxygens (including phenoxy) is 2. The number of methoxy groups -OCH3 is 1. The van der Waals surface area contributed by atoms with E-state index in [9.17, 15) is 9.59 Å². The van der Waals surface area contributed by atoms with Gasteiger partial charge >= 0.3 is 5.97 Å². The Hall–Kier alpha value is -2.83. The van der Waals surface area contributed by atoms with Crippen LogP contribution < -0.4 is 10.1 Å². The van der Waals surface area contributed by atoms with Crippen molar-refractivity contribution in [2.45, 2.75) is 19.9 Å². The molecule has 7 heteroatoms. The molecule has 1 aromatic carbocycles. The summed E-state index contributed by atoms with van der Waals surface area (Å²) in [6.07, 6.45) is 0.418. The van der Waals surface area contributed by atoms with Crippen LogP contribution in [0.2, 0.25) is 0 Å². The Morgan fingerprint density at radius 3 is 2.75 bits per heavy atom. The van der Waals surface area contributed by atoms with Crippen molar-refractivity contribution >= 4 is 11.9 Å². The standard InChI is InChI=1S/C17H19N3O4/c1-3-24-17(22)14-13(10-11-4-6-12(23-2)7-5-11)15-16(21)18-8-9-20(15)19-14/h4-7H,3,8-10H2,1-2H3,(H,18,21). The number of benzene rings is 1. The molecule has 0 saturated heterocycles. The highest BCUT2D eigenvalue weighted by molar-refractivity contribution is 5.99. The Morgan fingerprint density at radius 1 is 1.33 bits per heavy atom. The topological polar surface area (TPSA) is 82.4 Å². The van der Waals surface area contributed by atoms with E-state index in [1.54, 1.807) is 18.7 Å². The summed E-state index contributed by atoms with van der Waals surface area (Å²) in [6.45, 7) is 3.03. The lowest BCUT2D eigenvalue weighted by Gasteiger charge is -2.15. The molecule has 0 unspecified atom stereocenters. The van der Waals surface area contributed by atoms with Gasteiger partial charge < -0.3 is 14.8 Å². The first-order valence-electron chi connectivity index (χ1n) is 7.82. The highest BCUT2D eigenvalue weighted by atomic mass is 16.5. The average Bonchev–Trinajstić information content (AvgIpc) is 2.96. The van der Waals surface area contributed by atoms with E-state index in [1.807, 2.05) is 24.3 Å². The molecule has 7 nitrogen and oxygen atoms in total. The van der Waals surface area contributed by atoms with Crippen LogP contribution in [-0.2, 0) is 17.7 Å². The quantitative estimate of drug-likeness (QED) is 0.839. The number of aromatic nitrogens is 2. The molecule has 0 aliphatic carbocycles. The number of carbonyl (C=O) groups excluding carboxylic acids is 2. The fourth-order valence-corrected chi connectivity index (χ4v) is 2.75. The summed E-state index contributed by atoms with van der Waals surface area (Å²) < 4.78 is 11.8. The first kappa shape index (κ1) is 16.0. The van der Waals surface area contributed by atoms with E-state index in [-0.39, 0.29) is 18.2 Å². The van der Waals surface area contributed by atoms with E-state index in [4.69, 9.17) is 9.47 Å².